The Bertz CT molecular complexity index is 565. The molecule has 22 heavy (non-hydrogen) atoms. The third-order valence-electron chi connectivity index (χ3n) is 4.85. The Morgan fingerprint density at radius 1 is 1.18 bits per heavy atom. The van der Waals surface area contributed by atoms with Crippen LogP contribution < -0.4 is 5.14 Å². The summed E-state index contributed by atoms with van der Waals surface area (Å²) >= 11 is 0. The first kappa shape index (κ1) is 15.7. The third kappa shape index (κ3) is 3.60. The maximum absolute atomic E-state index is 12.1. The van der Waals surface area contributed by atoms with Gasteiger partial charge < -0.3 is 9.80 Å². The molecule has 3 aliphatic rings. The molecule has 0 aromatic carbocycles. The quantitative estimate of drug-likeness (QED) is 0.753. The van der Waals surface area contributed by atoms with E-state index in [2.05, 4.69) is 0 Å². The number of amides is 2. The first-order chi connectivity index (χ1) is 10.3. The minimum atomic E-state index is -3.54. The number of carbonyl (C=O) groups is 2. The van der Waals surface area contributed by atoms with Crippen molar-refractivity contribution >= 4 is 21.8 Å². The predicted octanol–water partition coefficient (Wildman–Crippen LogP) is -0.476. The first-order valence-electron chi connectivity index (χ1n) is 7.92. The van der Waals surface area contributed by atoms with Crippen LogP contribution in [-0.4, -0.2) is 61.5 Å². The van der Waals surface area contributed by atoms with Crippen molar-refractivity contribution in [3.8, 4) is 0 Å². The number of hydrogen-bond acceptors (Lipinski definition) is 4. The van der Waals surface area contributed by atoms with Crippen LogP contribution in [0, 0.1) is 11.8 Å². The fourth-order valence-corrected chi connectivity index (χ4v) is 4.47. The van der Waals surface area contributed by atoms with Crippen LogP contribution in [0.3, 0.4) is 0 Å². The van der Waals surface area contributed by atoms with E-state index in [1.54, 1.807) is 4.90 Å². The number of sulfonamides is 1. The van der Waals surface area contributed by atoms with Crippen molar-refractivity contribution in [2.24, 2.45) is 17.0 Å². The number of nitrogens with zero attached hydrogens (tertiary/aromatic N) is 2. The molecule has 0 spiro atoms. The lowest BCUT2D eigenvalue weighted by Gasteiger charge is -2.37. The minimum Gasteiger partial charge on any atom is -0.342 e. The Balaban J connectivity index is 1.52. The summed E-state index contributed by atoms with van der Waals surface area (Å²) in [7, 11) is -3.54. The summed E-state index contributed by atoms with van der Waals surface area (Å²) in [5, 5.41) is 5.07. The maximum atomic E-state index is 12.1. The van der Waals surface area contributed by atoms with Gasteiger partial charge in [-0.3, -0.25) is 9.59 Å². The zero-order chi connectivity index (χ0) is 15.9. The van der Waals surface area contributed by atoms with E-state index >= 15 is 0 Å². The average Bonchev–Trinajstić information content (AvgIpc) is 3.21. The molecule has 3 fully saturated rings. The molecular weight excluding hydrogens is 306 g/mol. The molecule has 0 radical (unpaired) electrons. The standard InChI is InChI=1S/C14H23N3O4S/c15-22(20,21)9-10-7-13(18)17(8-10)12-3-5-16(6-4-12)14(19)11-1-2-11/h10-12H,1-9H2,(H2,15,20,21). The Morgan fingerprint density at radius 3 is 2.36 bits per heavy atom. The maximum Gasteiger partial charge on any atom is 0.225 e. The molecule has 1 aliphatic carbocycles. The number of carbonyl (C=O) groups excluding carboxylic acids is 2. The van der Waals surface area contributed by atoms with Crippen molar-refractivity contribution in [1.29, 1.82) is 0 Å². The van der Waals surface area contributed by atoms with Gasteiger partial charge in [-0.2, -0.15) is 0 Å². The van der Waals surface area contributed by atoms with Crippen LogP contribution in [0.1, 0.15) is 32.1 Å². The van der Waals surface area contributed by atoms with Crippen LogP contribution in [0.4, 0.5) is 0 Å². The SMILES string of the molecule is NS(=O)(=O)CC1CC(=O)N(C2CCN(C(=O)C3CC3)CC2)C1. The van der Waals surface area contributed by atoms with Crippen molar-refractivity contribution in [2.75, 3.05) is 25.4 Å². The molecule has 2 N–H and O–H groups in total. The fraction of sp³-hybridized carbons (Fsp3) is 0.857. The van der Waals surface area contributed by atoms with Gasteiger partial charge in [0.2, 0.25) is 21.8 Å². The van der Waals surface area contributed by atoms with Crippen molar-refractivity contribution in [3.05, 3.63) is 0 Å². The molecule has 1 atom stereocenters. The van der Waals surface area contributed by atoms with Crippen LogP contribution in [-0.2, 0) is 19.6 Å². The third-order valence-corrected chi connectivity index (χ3v) is 5.79. The fourth-order valence-electron chi connectivity index (χ4n) is 3.59. The van der Waals surface area contributed by atoms with Crippen molar-refractivity contribution in [1.82, 2.24) is 9.80 Å². The van der Waals surface area contributed by atoms with Gasteiger partial charge in [0.1, 0.15) is 0 Å². The molecule has 0 bridgehead atoms. The Hall–Kier alpha value is -1.15. The van der Waals surface area contributed by atoms with Gasteiger partial charge in [-0.1, -0.05) is 0 Å². The van der Waals surface area contributed by atoms with Gasteiger partial charge in [0.05, 0.1) is 5.75 Å². The largest absolute Gasteiger partial charge is 0.342 e. The van der Waals surface area contributed by atoms with Gasteiger partial charge in [-0.25, -0.2) is 13.6 Å². The van der Waals surface area contributed by atoms with Crippen molar-refractivity contribution < 1.29 is 18.0 Å². The van der Waals surface area contributed by atoms with Gasteiger partial charge in [0.25, 0.3) is 0 Å². The van der Waals surface area contributed by atoms with Crippen LogP contribution in [0.5, 0.6) is 0 Å². The summed E-state index contributed by atoms with van der Waals surface area (Å²) in [6.45, 7) is 1.86. The Morgan fingerprint density at radius 2 is 1.82 bits per heavy atom. The van der Waals surface area contributed by atoms with Gasteiger partial charge in [0.15, 0.2) is 0 Å². The summed E-state index contributed by atoms with van der Waals surface area (Å²) in [5.41, 5.74) is 0. The lowest BCUT2D eigenvalue weighted by atomic mass is 10.0. The molecule has 2 amide bonds. The summed E-state index contributed by atoms with van der Waals surface area (Å²) in [4.78, 5) is 27.9. The highest BCUT2D eigenvalue weighted by atomic mass is 32.2. The molecule has 0 aromatic heterocycles. The second kappa shape index (κ2) is 5.81. The zero-order valence-corrected chi connectivity index (χ0v) is 13.4. The first-order valence-corrected chi connectivity index (χ1v) is 9.64. The Labute approximate surface area is 130 Å². The summed E-state index contributed by atoms with van der Waals surface area (Å²) in [5.74, 6) is 0.186. The minimum absolute atomic E-state index is 0.0145. The second-order valence-corrected chi connectivity index (χ2v) is 8.44. The van der Waals surface area contributed by atoms with Crippen LogP contribution >= 0.6 is 0 Å². The van der Waals surface area contributed by atoms with Crippen molar-refractivity contribution in [2.45, 2.75) is 38.1 Å². The molecular formula is C14H23N3O4S. The topological polar surface area (TPSA) is 101 Å². The lowest BCUT2D eigenvalue weighted by molar-refractivity contribution is -0.135. The van der Waals surface area contributed by atoms with E-state index < -0.39 is 10.0 Å². The average molecular weight is 329 g/mol. The summed E-state index contributed by atoms with van der Waals surface area (Å²) in [6.07, 6.45) is 3.85. The van der Waals surface area contributed by atoms with Gasteiger partial charge in [-0.05, 0) is 25.7 Å². The van der Waals surface area contributed by atoms with E-state index in [0.717, 1.165) is 25.7 Å². The van der Waals surface area contributed by atoms with Gasteiger partial charge in [0, 0.05) is 43.9 Å². The van der Waals surface area contributed by atoms with E-state index in [4.69, 9.17) is 5.14 Å². The van der Waals surface area contributed by atoms with Crippen LogP contribution in [0.2, 0.25) is 0 Å². The second-order valence-electron chi connectivity index (χ2n) is 6.78. The molecule has 2 heterocycles. The highest BCUT2D eigenvalue weighted by Gasteiger charge is 2.39. The molecule has 1 unspecified atom stereocenters. The molecule has 124 valence electrons. The van der Waals surface area contributed by atoms with Gasteiger partial charge in [-0.15, -0.1) is 0 Å². The van der Waals surface area contributed by atoms with Crippen molar-refractivity contribution in [3.63, 3.8) is 0 Å². The number of rotatable bonds is 4. The van der Waals surface area contributed by atoms with E-state index in [1.807, 2.05) is 4.90 Å². The highest BCUT2D eigenvalue weighted by Crippen LogP contribution is 2.33. The molecule has 1 saturated carbocycles. The molecule has 2 saturated heterocycles. The summed E-state index contributed by atoms with van der Waals surface area (Å²) < 4.78 is 22.3. The van der Waals surface area contributed by atoms with E-state index in [0.29, 0.717) is 19.6 Å². The van der Waals surface area contributed by atoms with Gasteiger partial charge >= 0.3 is 0 Å². The number of piperidine rings is 1. The molecule has 0 aromatic rings. The normalized spacial score (nSPS) is 27.5. The Kier molecular flexibility index (Phi) is 4.15. The van der Waals surface area contributed by atoms with E-state index in [1.165, 1.54) is 0 Å². The number of hydrogen-bond donors (Lipinski definition) is 1. The number of likely N-dealkylation sites (tertiary alicyclic amines) is 2. The monoisotopic (exact) mass is 329 g/mol. The molecule has 8 heteroatoms. The van der Waals surface area contributed by atoms with Crippen LogP contribution in [0.25, 0.3) is 0 Å². The number of primary sulfonamides is 1. The number of nitrogens with two attached hydrogens (primary N) is 1. The van der Waals surface area contributed by atoms with E-state index in [9.17, 15) is 18.0 Å². The van der Waals surface area contributed by atoms with Crippen LogP contribution in [0.15, 0.2) is 0 Å². The highest BCUT2D eigenvalue weighted by molar-refractivity contribution is 7.89. The predicted molar refractivity (Wildman–Crippen MR) is 80.1 cm³/mol. The molecule has 2 aliphatic heterocycles. The smallest absolute Gasteiger partial charge is 0.225 e. The summed E-state index contributed by atoms with van der Waals surface area (Å²) in [6, 6.07) is 0.126. The molecule has 7 nitrogen and oxygen atoms in total. The molecule has 3 rings (SSSR count). The van der Waals surface area contributed by atoms with E-state index in [-0.39, 0.29) is 41.9 Å². The lowest BCUT2D eigenvalue weighted by Crippen LogP contribution is -2.47. The zero-order valence-electron chi connectivity index (χ0n) is 12.6.